The highest BCUT2D eigenvalue weighted by Crippen LogP contribution is 2.27. The van der Waals surface area contributed by atoms with Crippen molar-refractivity contribution in [3.8, 4) is 0 Å². The number of hydrogen-bond donors (Lipinski definition) is 3. The Morgan fingerprint density at radius 2 is 0.550 bits per heavy atom. The molecule has 0 aromatic heterocycles. The Morgan fingerprint density at radius 1 is 0.287 bits per heavy atom. The lowest BCUT2D eigenvalue weighted by molar-refractivity contribution is 0.393. The van der Waals surface area contributed by atoms with Crippen molar-refractivity contribution in [1.29, 1.82) is 0 Å². The third kappa shape index (κ3) is 39.2. The summed E-state index contributed by atoms with van der Waals surface area (Å²) in [5.74, 6) is 0. The van der Waals surface area contributed by atoms with Gasteiger partial charge in [-0.2, -0.15) is 0 Å². The van der Waals surface area contributed by atoms with Crippen LogP contribution in [0.4, 0.5) is 0 Å². The summed E-state index contributed by atoms with van der Waals surface area (Å²) < 4.78 is 40.5. The highest BCUT2D eigenvalue weighted by Gasteiger charge is 2.49. The molecule has 1 atom stereocenters. The Hall–Kier alpha value is -1.53. The molecule has 0 heterocycles. The van der Waals surface area contributed by atoms with Crippen LogP contribution in [0.15, 0.2) is 121 Å². The van der Waals surface area contributed by atoms with Gasteiger partial charge in [-0.3, -0.25) is 0 Å². The van der Waals surface area contributed by atoms with E-state index in [1.165, 1.54) is 20.7 Å². The highest BCUT2D eigenvalue weighted by molar-refractivity contribution is 7.02. The van der Waals surface area contributed by atoms with Crippen LogP contribution in [-0.2, 0) is 24.7 Å². The second kappa shape index (κ2) is 45.8. The molecule has 9 nitrogen and oxygen atoms in total. The second-order valence-corrected chi connectivity index (χ2v) is 59.4. The molecule has 0 amide bonds. The Kier molecular flexibility index (Phi) is 59.2. The zero-order chi connectivity index (χ0) is 51.6. The van der Waals surface area contributed by atoms with Crippen LogP contribution in [0.3, 0.4) is 0 Å². The van der Waals surface area contributed by atoms with E-state index in [1.54, 1.807) is 0 Å². The molecule has 80 heavy (non-hydrogen) atoms. The maximum atomic E-state index is 7.11. The van der Waals surface area contributed by atoms with Crippen molar-refractivity contribution in [2.45, 2.75) is 238 Å². The van der Waals surface area contributed by atoms with E-state index in [2.05, 4.69) is 227 Å². The summed E-state index contributed by atoms with van der Waals surface area (Å²) in [6.45, 7) is 40.4. The molecule has 6 N–H and O–H groups in total. The van der Waals surface area contributed by atoms with Crippen LogP contribution in [0.2, 0.25) is 129 Å². The van der Waals surface area contributed by atoms with E-state index in [-0.39, 0.29) is 89.1 Å². The molecule has 4 aromatic carbocycles. The molecule has 0 fully saturated rings. The first-order valence-corrected chi connectivity index (χ1v) is 50.9. The molecule has 0 aliphatic heterocycles. The van der Waals surface area contributed by atoms with Crippen molar-refractivity contribution in [2.75, 3.05) is 19.6 Å². The monoisotopic (exact) mass is 1280 g/mol. The molecule has 0 spiro atoms. The standard InChI is InChI=1S/C20H33NO2Si3.2C15H31NO2Si3.12CH4/c1-24(2,3)22-26(19-13-8-6-9-14-19,20-15-10-7-11-16-20)23-25(4,5)18-12-17-21;1-19(2,14-10-13-16)17-21(5,6)18-20(3,4)15-11-8-7-9-12-15;1-19(2,3)17-21(6,15-11-8-7-9-12-15)18-20(4,5)14-10-13-16;;;;;;;;;;;;/h6-11,13-16H,12,17-18,21H2,1-5H3;2*7-9,11-12H,10,13-14,16H2,1-6H3;12*1H4. The van der Waals surface area contributed by atoms with E-state index in [9.17, 15) is 0 Å². The van der Waals surface area contributed by atoms with Gasteiger partial charge in [0.05, 0.1) is 0 Å². The topological polar surface area (TPSA) is 133 Å². The first-order chi connectivity index (χ1) is 31.3. The van der Waals surface area contributed by atoms with Crippen molar-refractivity contribution < 1.29 is 24.7 Å². The lowest BCUT2D eigenvalue weighted by Crippen LogP contribution is -2.69. The normalized spacial score (nSPS) is 11.9. The van der Waals surface area contributed by atoms with Gasteiger partial charge in [0, 0.05) is 0 Å². The van der Waals surface area contributed by atoms with Gasteiger partial charge in [-0.15, -0.1) is 0 Å². The van der Waals surface area contributed by atoms with Crippen LogP contribution in [0.25, 0.3) is 0 Å². The Balaban J connectivity index is -0.0000000929. The van der Waals surface area contributed by atoms with E-state index in [4.69, 9.17) is 41.9 Å². The van der Waals surface area contributed by atoms with Crippen molar-refractivity contribution in [3.63, 3.8) is 0 Å². The van der Waals surface area contributed by atoms with E-state index in [0.717, 1.165) is 50.5 Å². The van der Waals surface area contributed by atoms with Crippen LogP contribution in [-0.4, -0.2) is 95.2 Å². The van der Waals surface area contributed by atoms with Crippen molar-refractivity contribution in [2.24, 2.45) is 17.2 Å². The van der Waals surface area contributed by atoms with Crippen molar-refractivity contribution >= 4 is 96.3 Å². The number of benzene rings is 4. The van der Waals surface area contributed by atoms with E-state index in [1.807, 2.05) is 6.07 Å². The smallest absolute Gasteiger partial charge is 0.386 e. The summed E-state index contributed by atoms with van der Waals surface area (Å²) in [5, 5.41) is 4.96. The van der Waals surface area contributed by atoms with Crippen molar-refractivity contribution in [3.05, 3.63) is 121 Å². The summed E-state index contributed by atoms with van der Waals surface area (Å²) in [7, 11) is -18.1. The fraction of sp³-hybridized carbons (Fsp3) is 0.613. The molecular weight excluding hydrogens is 1140 g/mol. The van der Waals surface area contributed by atoms with Gasteiger partial charge in [0.2, 0.25) is 8.32 Å². The zero-order valence-electron chi connectivity index (χ0n) is 45.6. The van der Waals surface area contributed by atoms with E-state index < -0.39 is 75.6 Å². The van der Waals surface area contributed by atoms with Gasteiger partial charge in [0.1, 0.15) is 0 Å². The van der Waals surface area contributed by atoms with Gasteiger partial charge in [0.15, 0.2) is 41.6 Å². The minimum Gasteiger partial charge on any atom is -0.437 e. The van der Waals surface area contributed by atoms with Gasteiger partial charge >= 0.3 is 25.7 Å². The largest absolute Gasteiger partial charge is 0.437 e. The van der Waals surface area contributed by atoms with Gasteiger partial charge in [-0.25, -0.2) is 0 Å². The molecule has 1 unspecified atom stereocenters. The summed E-state index contributed by atoms with van der Waals surface area (Å²) in [5.41, 5.74) is 17.1. The number of nitrogens with two attached hydrogens (primary N) is 3. The molecule has 4 aromatic rings. The molecule has 0 saturated carbocycles. The molecule has 18 heteroatoms. The predicted molar refractivity (Wildman–Crippen MR) is 398 cm³/mol. The molecule has 0 bridgehead atoms. The SMILES string of the molecule is C.C.C.C.C.C.C.C.C.C.C.C.C[Si](C)(C)O[Si](C)(O[Si](C)(C)CCCN)c1ccccc1.C[Si](C)(C)O[Si](O[Si](C)(C)CCCN)(c1ccccc1)c1ccccc1.C[Si](C)(CCCN)O[Si](C)(C)O[Si](C)(C)c1ccccc1. The van der Waals surface area contributed by atoms with Crippen LogP contribution in [0.5, 0.6) is 0 Å². The summed E-state index contributed by atoms with van der Waals surface area (Å²) in [6, 6.07) is 45.5. The fourth-order valence-corrected chi connectivity index (χ4v) is 46.9. The van der Waals surface area contributed by atoms with Crippen LogP contribution < -0.4 is 37.9 Å². The highest BCUT2D eigenvalue weighted by atomic mass is 28.5. The number of hydrogen-bond acceptors (Lipinski definition) is 9. The Labute approximate surface area is 513 Å². The molecular formula is C62H143N3O6Si9. The summed E-state index contributed by atoms with van der Waals surface area (Å²) in [6.07, 6.45) is 3.08. The minimum absolute atomic E-state index is 0. The maximum absolute atomic E-state index is 7.11. The molecule has 4 rings (SSSR count). The van der Waals surface area contributed by atoms with Gasteiger partial charge < -0.3 is 41.9 Å². The van der Waals surface area contributed by atoms with Crippen molar-refractivity contribution in [1.82, 2.24) is 0 Å². The van der Waals surface area contributed by atoms with E-state index in [0.29, 0.717) is 6.54 Å². The maximum Gasteiger partial charge on any atom is 0.386 e. The molecule has 478 valence electrons. The zero-order valence-corrected chi connectivity index (χ0v) is 54.6. The third-order valence-electron chi connectivity index (χ3n) is 10.9. The lowest BCUT2D eigenvalue weighted by atomic mass is 10.4. The van der Waals surface area contributed by atoms with Gasteiger partial charge in [-0.05, 0) is 189 Å². The first-order valence-electron chi connectivity index (χ1n) is 24.9. The Morgan fingerprint density at radius 3 is 0.838 bits per heavy atom. The molecule has 0 radical (unpaired) electrons. The van der Waals surface area contributed by atoms with Crippen LogP contribution in [0, 0.1) is 0 Å². The fourth-order valence-electron chi connectivity index (χ4n) is 8.49. The average molecular weight is 1280 g/mol. The van der Waals surface area contributed by atoms with E-state index >= 15 is 0 Å². The molecule has 0 saturated heterocycles. The summed E-state index contributed by atoms with van der Waals surface area (Å²) in [4.78, 5) is 0. The lowest BCUT2D eigenvalue weighted by Gasteiger charge is -2.42. The molecule has 0 aliphatic rings. The minimum atomic E-state index is -2.79. The molecule has 0 aliphatic carbocycles. The van der Waals surface area contributed by atoms with Gasteiger partial charge in [0.25, 0.3) is 0 Å². The predicted octanol–water partition coefficient (Wildman–Crippen LogP) is 18.1. The summed E-state index contributed by atoms with van der Waals surface area (Å²) >= 11 is 0. The Bertz CT molecular complexity index is 1960. The van der Waals surface area contributed by atoms with Crippen LogP contribution in [0.1, 0.15) is 108 Å². The average Bonchev–Trinajstić information content (AvgIpc) is 3.23. The van der Waals surface area contributed by atoms with Crippen LogP contribution >= 0.6 is 0 Å². The van der Waals surface area contributed by atoms with Gasteiger partial charge in [-0.1, -0.05) is 210 Å². The third-order valence-corrected chi connectivity index (χ3v) is 43.8. The quantitative estimate of drug-likeness (QED) is 0.0555. The number of rotatable bonds is 25. The first kappa shape index (κ1) is 103. The second-order valence-electron chi connectivity index (χ2n) is 22.7.